The molecule has 2 fully saturated rings. The van der Waals surface area contributed by atoms with Gasteiger partial charge in [-0.1, -0.05) is 0 Å². The maximum atomic E-state index is 13.9. The molecule has 0 amide bonds. The Morgan fingerprint density at radius 3 is 2.93 bits per heavy atom. The summed E-state index contributed by atoms with van der Waals surface area (Å²) in [5.41, 5.74) is 0.402. The van der Waals surface area contributed by atoms with E-state index in [1.165, 1.54) is 22.8 Å². The molecule has 0 saturated carbocycles. The summed E-state index contributed by atoms with van der Waals surface area (Å²) in [6, 6.07) is 2.75. The maximum absolute atomic E-state index is 13.9. The molecule has 1 aromatic carbocycles. The fourth-order valence-electron chi connectivity index (χ4n) is 3.78. The van der Waals surface area contributed by atoms with Gasteiger partial charge in [-0.3, -0.25) is 0 Å². The highest BCUT2D eigenvalue weighted by atomic mass is 32.2. The Morgan fingerprint density at radius 1 is 1.33 bits per heavy atom. The van der Waals surface area contributed by atoms with Gasteiger partial charge in [0.05, 0.1) is 12.1 Å². The van der Waals surface area contributed by atoms with E-state index in [4.69, 9.17) is 6.57 Å². The predicted molar refractivity (Wildman–Crippen MR) is 99.2 cm³/mol. The number of nitrogens with one attached hydrogen (secondary N) is 1. The topological polar surface area (TPSA) is 82.8 Å². The van der Waals surface area contributed by atoms with Crippen LogP contribution in [-0.2, 0) is 10.2 Å². The van der Waals surface area contributed by atoms with Gasteiger partial charge in [0, 0.05) is 38.1 Å². The zero-order chi connectivity index (χ0) is 19.0. The van der Waals surface area contributed by atoms with E-state index in [0.29, 0.717) is 42.9 Å². The largest absolute Gasteiger partial charge is 0.356 e. The summed E-state index contributed by atoms with van der Waals surface area (Å²) >= 11 is 0. The van der Waals surface area contributed by atoms with Crippen LogP contribution in [0.4, 0.5) is 15.9 Å². The van der Waals surface area contributed by atoms with Gasteiger partial charge in [-0.2, -0.15) is 12.7 Å². The summed E-state index contributed by atoms with van der Waals surface area (Å²) in [6.45, 7) is 9.97. The lowest BCUT2D eigenvalue weighted by Crippen LogP contribution is -2.42. The van der Waals surface area contributed by atoms with Gasteiger partial charge in [-0.25, -0.2) is 23.9 Å². The third-order valence-corrected chi connectivity index (χ3v) is 6.65. The van der Waals surface area contributed by atoms with Crippen LogP contribution in [0.2, 0.25) is 0 Å². The van der Waals surface area contributed by atoms with Crippen LogP contribution >= 0.6 is 0 Å². The number of hydrogen-bond donors (Lipinski definition) is 1. The predicted octanol–water partition coefficient (Wildman–Crippen LogP) is 1.69. The van der Waals surface area contributed by atoms with Crippen LogP contribution in [0.1, 0.15) is 12.8 Å². The lowest BCUT2D eigenvalue weighted by molar-refractivity contribution is 0.323. The molecule has 2 aromatic rings. The van der Waals surface area contributed by atoms with Gasteiger partial charge in [0.2, 0.25) is 5.69 Å². The van der Waals surface area contributed by atoms with E-state index in [-0.39, 0.29) is 11.6 Å². The second-order valence-electron chi connectivity index (χ2n) is 6.84. The van der Waals surface area contributed by atoms with Gasteiger partial charge in [0.25, 0.3) is 10.2 Å². The third kappa shape index (κ3) is 3.45. The van der Waals surface area contributed by atoms with Crippen molar-refractivity contribution >= 4 is 32.6 Å². The van der Waals surface area contributed by atoms with Crippen molar-refractivity contribution in [1.29, 1.82) is 0 Å². The van der Waals surface area contributed by atoms with Crippen molar-refractivity contribution in [3.05, 3.63) is 35.7 Å². The molecule has 1 N–H and O–H groups in total. The average molecular weight is 390 g/mol. The quantitative estimate of drug-likeness (QED) is 0.807. The summed E-state index contributed by atoms with van der Waals surface area (Å²) in [7, 11) is -3.35. The van der Waals surface area contributed by atoms with Crippen LogP contribution in [0.3, 0.4) is 0 Å². The lowest BCUT2D eigenvalue weighted by Gasteiger charge is -2.35. The molecule has 4 rings (SSSR count). The van der Waals surface area contributed by atoms with E-state index in [1.807, 2.05) is 0 Å². The monoisotopic (exact) mass is 390 g/mol. The number of hydrogen-bond acceptors (Lipinski definition) is 5. The Balaban J connectivity index is 1.61. The van der Waals surface area contributed by atoms with Crippen LogP contribution in [0, 0.1) is 18.3 Å². The number of nitrogens with zero attached hydrogens (tertiary/aromatic N) is 5. The molecule has 0 spiro atoms. The normalized spacial score (nSPS) is 22.8. The van der Waals surface area contributed by atoms with Crippen molar-refractivity contribution in [1.82, 2.24) is 19.0 Å². The Hall–Kier alpha value is -2.35. The molecule has 1 atom stereocenters. The van der Waals surface area contributed by atoms with Crippen LogP contribution < -0.4 is 9.62 Å². The van der Waals surface area contributed by atoms with Crippen molar-refractivity contribution in [3.8, 4) is 0 Å². The molecule has 1 unspecified atom stereocenters. The highest BCUT2D eigenvalue weighted by molar-refractivity contribution is 7.87. The molecule has 3 heterocycles. The Bertz CT molecular complexity index is 1020. The molecular formula is C17H19FN6O2S. The van der Waals surface area contributed by atoms with E-state index in [9.17, 15) is 12.8 Å². The summed E-state index contributed by atoms with van der Waals surface area (Å²) in [4.78, 5) is 13.8. The average Bonchev–Trinajstić information content (AvgIpc) is 2.99. The number of rotatable bonds is 3. The van der Waals surface area contributed by atoms with Gasteiger partial charge in [-0.05, 0) is 30.9 Å². The number of piperidine rings is 1. The number of aromatic nitrogens is 2. The first kappa shape index (κ1) is 18.0. The molecule has 27 heavy (non-hydrogen) atoms. The minimum Gasteiger partial charge on any atom is -0.356 e. The highest BCUT2D eigenvalue weighted by Gasteiger charge is 2.32. The zero-order valence-electron chi connectivity index (χ0n) is 14.6. The molecule has 8 nitrogen and oxygen atoms in total. The standard InChI is InChI=1S/C17H19FN6O2S/c1-19-16-7-13-15(8-14(16)18)20-11-21-17(13)23-5-2-3-12(9-23)10-24-6-4-22-27(24,25)26/h7-8,11-12,22H,2-6,9-10H2. The molecular weight excluding hydrogens is 371 g/mol. The van der Waals surface area contributed by atoms with Crippen molar-refractivity contribution in [3.63, 3.8) is 0 Å². The molecule has 1 aromatic heterocycles. The summed E-state index contributed by atoms with van der Waals surface area (Å²) < 4.78 is 41.9. The molecule has 0 bridgehead atoms. The third-order valence-electron chi connectivity index (χ3n) is 5.07. The molecule has 0 aliphatic carbocycles. The second-order valence-corrected chi connectivity index (χ2v) is 8.60. The van der Waals surface area contributed by atoms with E-state index >= 15 is 0 Å². The highest BCUT2D eigenvalue weighted by Crippen LogP contribution is 2.32. The van der Waals surface area contributed by atoms with Crippen molar-refractivity contribution in [2.75, 3.05) is 37.6 Å². The van der Waals surface area contributed by atoms with Gasteiger partial charge >= 0.3 is 0 Å². The summed E-state index contributed by atoms with van der Waals surface area (Å²) in [5, 5.41) is 0.640. The maximum Gasteiger partial charge on any atom is 0.279 e. The molecule has 142 valence electrons. The Kier molecular flexibility index (Phi) is 4.67. The molecule has 2 saturated heterocycles. The van der Waals surface area contributed by atoms with E-state index in [1.54, 1.807) is 0 Å². The van der Waals surface area contributed by atoms with Crippen LogP contribution in [0.25, 0.3) is 15.7 Å². The van der Waals surface area contributed by atoms with Crippen LogP contribution in [0.5, 0.6) is 0 Å². The fraction of sp³-hybridized carbons (Fsp3) is 0.471. The Morgan fingerprint density at radius 2 is 2.19 bits per heavy atom. The van der Waals surface area contributed by atoms with Crippen molar-refractivity contribution < 1.29 is 12.8 Å². The molecule has 10 heteroatoms. The molecule has 2 aliphatic rings. The van der Waals surface area contributed by atoms with Gasteiger partial charge in [0.1, 0.15) is 18.0 Å². The first-order valence-electron chi connectivity index (χ1n) is 8.79. The minimum absolute atomic E-state index is 0.0543. The fourth-order valence-corrected chi connectivity index (χ4v) is 5.06. The first-order chi connectivity index (χ1) is 13.0. The van der Waals surface area contributed by atoms with E-state index in [2.05, 4.69) is 24.4 Å². The Labute approximate surface area is 157 Å². The number of benzene rings is 1. The smallest absolute Gasteiger partial charge is 0.279 e. The van der Waals surface area contributed by atoms with Gasteiger partial charge in [-0.15, -0.1) is 0 Å². The van der Waals surface area contributed by atoms with Crippen LogP contribution in [0.15, 0.2) is 18.5 Å². The van der Waals surface area contributed by atoms with Gasteiger partial charge < -0.3 is 4.90 Å². The minimum atomic E-state index is -3.35. The number of anilines is 1. The van der Waals surface area contributed by atoms with Gasteiger partial charge in [0.15, 0.2) is 0 Å². The SMILES string of the molecule is [C-]#[N+]c1cc2c(N3CCCC(CN4CCNS4(=O)=O)C3)ncnc2cc1F. The summed E-state index contributed by atoms with van der Waals surface area (Å²) in [5.74, 6) is 0.252. The van der Waals surface area contributed by atoms with E-state index in [0.717, 1.165) is 19.4 Å². The van der Waals surface area contributed by atoms with Crippen molar-refractivity contribution in [2.24, 2.45) is 5.92 Å². The lowest BCUT2D eigenvalue weighted by atomic mass is 9.97. The second kappa shape index (κ2) is 6.99. The summed E-state index contributed by atoms with van der Waals surface area (Å²) in [6.07, 6.45) is 3.24. The van der Waals surface area contributed by atoms with Crippen molar-refractivity contribution in [2.45, 2.75) is 12.8 Å². The zero-order valence-corrected chi connectivity index (χ0v) is 15.4. The molecule has 2 aliphatic heterocycles. The first-order valence-corrected chi connectivity index (χ1v) is 10.2. The van der Waals surface area contributed by atoms with Crippen LogP contribution in [-0.4, -0.2) is 55.4 Å². The van der Waals surface area contributed by atoms with E-state index < -0.39 is 16.0 Å². The molecule has 0 radical (unpaired) electrons. The number of halogens is 1. The number of fused-ring (bicyclic) bond motifs is 1.